The van der Waals surface area contributed by atoms with Gasteiger partial charge in [-0.25, -0.2) is 0 Å². The summed E-state index contributed by atoms with van der Waals surface area (Å²) in [6.45, 7) is 3.69. The van der Waals surface area contributed by atoms with Crippen molar-refractivity contribution in [2.24, 2.45) is 5.73 Å². The Morgan fingerprint density at radius 3 is 2.76 bits per heavy atom. The molecule has 2 nitrogen and oxygen atoms in total. The van der Waals surface area contributed by atoms with Crippen molar-refractivity contribution in [2.45, 2.75) is 18.9 Å². The summed E-state index contributed by atoms with van der Waals surface area (Å²) in [4.78, 5) is 0. The minimum absolute atomic E-state index is 0.154. The third kappa shape index (κ3) is 2.32. The molecule has 0 spiro atoms. The highest BCUT2D eigenvalue weighted by atomic mass is 16.3. The first kappa shape index (κ1) is 11.7. The van der Waals surface area contributed by atoms with Crippen LogP contribution in [-0.4, -0.2) is 5.11 Å². The van der Waals surface area contributed by atoms with Crippen molar-refractivity contribution < 1.29 is 5.11 Å². The van der Waals surface area contributed by atoms with Crippen LogP contribution in [-0.2, 0) is 0 Å². The largest absolute Gasteiger partial charge is 0.508 e. The Morgan fingerprint density at radius 2 is 2.00 bits per heavy atom. The van der Waals surface area contributed by atoms with Crippen LogP contribution in [0.4, 0.5) is 0 Å². The molecule has 0 bridgehead atoms. The molecular weight excluding hydrogens is 210 g/mol. The van der Waals surface area contributed by atoms with Crippen molar-refractivity contribution in [3.05, 3.63) is 54.6 Å². The molecule has 2 rings (SSSR count). The molecule has 3 N–H and O–H groups in total. The molecule has 88 valence electrons. The number of hydrogen-bond donors (Lipinski definition) is 2. The molecule has 0 heterocycles. The molecular formula is C15H17NO. The monoisotopic (exact) mass is 227 g/mol. The zero-order valence-corrected chi connectivity index (χ0v) is 9.76. The van der Waals surface area contributed by atoms with Crippen LogP contribution >= 0.6 is 0 Å². The quantitative estimate of drug-likeness (QED) is 0.785. The lowest BCUT2D eigenvalue weighted by Gasteiger charge is -2.15. The summed E-state index contributed by atoms with van der Waals surface area (Å²) in [5.41, 5.74) is 6.98. The number of aromatic hydroxyl groups is 1. The van der Waals surface area contributed by atoms with Gasteiger partial charge in [0.05, 0.1) is 0 Å². The minimum atomic E-state index is -0.154. The smallest absolute Gasteiger partial charge is 0.120 e. The third-order valence-corrected chi connectivity index (χ3v) is 3.00. The Labute approximate surface area is 101 Å². The molecule has 1 atom stereocenters. The Hall–Kier alpha value is -1.80. The fourth-order valence-electron chi connectivity index (χ4n) is 2.12. The number of fused-ring (bicyclic) bond motifs is 1. The fourth-order valence-corrected chi connectivity index (χ4v) is 2.12. The van der Waals surface area contributed by atoms with Gasteiger partial charge in [0.25, 0.3) is 0 Å². The van der Waals surface area contributed by atoms with Gasteiger partial charge in [0.15, 0.2) is 0 Å². The number of allylic oxidation sites excluding steroid dienone is 1. The lowest BCUT2D eigenvalue weighted by molar-refractivity contribution is 0.460. The number of benzene rings is 2. The minimum Gasteiger partial charge on any atom is -0.508 e. The standard InChI is InChI=1S/C15H17NO/c1-2-3-8-13(16)15-12-7-5-4-6-11(12)9-10-14(15)17/h2,4-7,9-10,13,17H,1,3,8,16H2/t13-/m1/s1. The van der Waals surface area contributed by atoms with Crippen LogP contribution in [0.5, 0.6) is 5.75 Å². The van der Waals surface area contributed by atoms with Crippen molar-refractivity contribution in [1.29, 1.82) is 0 Å². The third-order valence-electron chi connectivity index (χ3n) is 3.00. The zero-order valence-electron chi connectivity index (χ0n) is 9.76. The molecule has 0 amide bonds. The molecule has 2 aromatic carbocycles. The molecule has 0 aliphatic rings. The van der Waals surface area contributed by atoms with Crippen LogP contribution in [0, 0.1) is 0 Å². The second-order valence-corrected chi connectivity index (χ2v) is 4.19. The van der Waals surface area contributed by atoms with E-state index in [0.717, 1.165) is 29.2 Å². The van der Waals surface area contributed by atoms with Crippen molar-refractivity contribution in [1.82, 2.24) is 0 Å². The predicted molar refractivity (Wildman–Crippen MR) is 72.0 cm³/mol. The number of phenols is 1. The van der Waals surface area contributed by atoms with Gasteiger partial charge in [0.1, 0.15) is 5.75 Å². The first-order valence-corrected chi connectivity index (χ1v) is 5.81. The zero-order chi connectivity index (χ0) is 12.3. The Balaban J connectivity index is 2.50. The van der Waals surface area contributed by atoms with Gasteiger partial charge in [0.2, 0.25) is 0 Å². The number of hydrogen-bond acceptors (Lipinski definition) is 2. The molecule has 2 aromatic rings. The van der Waals surface area contributed by atoms with E-state index in [0.29, 0.717) is 0 Å². The predicted octanol–water partition coefficient (Wildman–Crippen LogP) is 3.51. The van der Waals surface area contributed by atoms with Gasteiger partial charge in [-0.3, -0.25) is 0 Å². The Bertz CT molecular complexity index is 533. The van der Waals surface area contributed by atoms with Gasteiger partial charge < -0.3 is 10.8 Å². The summed E-state index contributed by atoms with van der Waals surface area (Å²) in [5.74, 6) is 0.278. The van der Waals surface area contributed by atoms with E-state index in [4.69, 9.17) is 5.73 Å². The van der Waals surface area contributed by atoms with Crippen LogP contribution in [0.2, 0.25) is 0 Å². The average molecular weight is 227 g/mol. The lowest BCUT2D eigenvalue weighted by atomic mass is 9.95. The Kier molecular flexibility index (Phi) is 3.45. The maximum atomic E-state index is 9.97. The second kappa shape index (κ2) is 5.02. The van der Waals surface area contributed by atoms with Crippen molar-refractivity contribution in [3.63, 3.8) is 0 Å². The molecule has 0 aliphatic heterocycles. The summed E-state index contributed by atoms with van der Waals surface area (Å²) in [6, 6.07) is 11.4. The van der Waals surface area contributed by atoms with Gasteiger partial charge in [-0.05, 0) is 29.7 Å². The molecule has 0 aliphatic carbocycles. The first-order chi connectivity index (χ1) is 8.24. The van der Waals surface area contributed by atoms with Gasteiger partial charge in [-0.15, -0.1) is 6.58 Å². The van der Waals surface area contributed by atoms with E-state index >= 15 is 0 Å². The van der Waals surface area contributed by atoms with E-state index in [-0.39, 0.29) is 11.8 Å². The van der Waals surface area contributed by atoms with Crippen molar-refractivity contribution >= 4 is 10.8 Å². The topological polar surface area (TPSA) is 46.2 Å². The van der Waals surface area contributed by atoms with E-state index in [1.54, 1.807) is 6.07 Å². The molecule has 2 heteroatoms. The van der Waals surface area contributed by atoms with Crippen LogP contribution in [0.1, 0.15) is 24.4 Å². The lowest BCUT2D eigenvalue weighted by Crippen LogP contribution is -2.10. The van der Waals surface area contributed by atoms with Gasteiger partial charge in [-0.2, -0.15) is 0 Å². The maximum absolute atomic E-state index is 9.97. The summed E-state index contributed by atoms with van der Waals surface area (Å²) in [6.07, 6.45) is 3.50. The summed E-state index contributed by atoms with van der Waals surface area (Å²) >= 11 is 0. The van der Waals surface area contributed by atoms with Crippen LogP contribution in [0.25, 0.3) is 10.8 Å². The van der Waals surface area contributed by atoms with Gasteiger partial charge in [0, 0.05) is 11.6 Å². The molecule has 0 saturated carbocycles. The first-order valence-electron chi connectivity index (χ1n) is 5.81. The van der Waals surface area contributed by atoms with E-state index in [1.165, 1.54) is 0 Å². The fraction of sp³-hybridized carbons (Fsp3) is 0.200. The summed E-state index contributed by atoms with van der Waals surface area (Å²) < 4.78 is 0. The summed E-state index contributed by atoms with van der Waals surface area (Å²) in [5, 5.41) is 12.1. The van der Waals surface area contributed by atoms with Crippen LogP contribution < -0.4 is 5.73 Å². The molecule has 17 heavy (non-hydrogen) atoms. The van der Waals surface area contributed by atoms with Crippen molar-refractivity contribution in [2.75, 3.05) is 0 Å². The number of rotatable bonds is 4. The number of phenolic OH excluding ortho intramolecular Hbond substituents is 1. The highest BCUT2D eigenvalue weighted by molar-refractivity contribution is 5.88. The van der Waals surface area contributed by atoms with E-state index < -0.39 is 0 Å². The molecule has 0 aromatic heterocycles. The van der Waals surface area contributed by atoms with Crippen molar-refractivity contribution in [3.8, 4) is 5.75 Å². The number of nitrogens with two attached hydrogens (primary N) is 1. The van der Waals surface area contributed by atoms with E-state index in [2.05, 4.69) is 6.58 Å². The molecule has 0 saturated heterocycles. The van der Waals surface area contributed by atoms with Crippen LogP contribution in [0.15, 0.2) is 49.1 Å². The molecule has 0 radical (unpaired) electrons. The maximum Gasteiger partial charge on any atom is 0.120 e. The van der Waals surface area contributed by atoms with E-state index in [9.17, 15) is 5.11 Å². The van der Waals surface area contributed by atoms with Gasteiger partial charge >= 0.3 is 0 Å². The normalized spacial score (nSPS) is 12.5. The molecule has 0 unspecified atom stereocenters. The highest BCUT2D eigenvalue weighted by Gasteiger charge is 2.13. The SMILES string of the molecule is C=CCC[C@@H](N)c1c(O)ccc2ccccc12. The second-order valence-electron chi connectivity index (χ2n) is 4.19. The highest BCUT2D eigenvalue weighted by Crippen LogP contribution is 2.33. The average Bonchev–Trinajstić information content (AvgIpc) is 2.35. The van der Waals surface area contributed by atoms with E-state index in [1.807, 2.05) is 36.4 Å². The Morgan fingerprint density at radius 1 is 1.24 bits per heavy atom. The van der Waals surface area contributed by atoms with Gasteiger partial charge in [-0.1, -0.05) is 36.4 Å². The van der Waals surface area contributed by atoms with Crippen LogP contribution in [0.3, 0.4) is 0 Å². The molecule has 0 fully saturated rings. The summed E-state index contributed by atoms with van der Waals surface area (Å²) in [7, 11) is 0.